The lowest BCUT2D eigenvalue weighted by molar-refractivity contribution is 0.284. The zero-order chi connectivity index (χ0) is 15.7. The molecule has 0 aromatic carbocycles. The van der Waals surface area contributed by atoms with Crippen LogP contribution in [0.4, 0.5) is 0 Å². The Bertz CT molecular complexity index is 654. The molecule has 0 fully saturated rings. The minimum atomic E-state index is -4.43. The Labute approximate surface area is 121 Å². The van der Waals surface area contributed by atoms with Crippen LogP contribution in [0.5, 0.6) is 5.88 Å². The molecule has 2 aromatic rings. The van der Waals surface area contributed by atoms with Crippen molar-refractivity contribution in [1.29, 1.82) is 0 Å². The SMILES string of the molecule is CCC(CC)(c1ncc(-c2cc(OC)no2)o1)P(=O)(O)O. The average Bonchev–Trinajstić information content (AvgIpc) is 3.07. The predicted octanol–water partition coefficient (Wildman–Crippen LogP) is 2.53. The van der Waals surface area contributed by atoms with Gasteiger partial charge in [-0.25, -0.2) is 4.98 Å². The molecule has 116 valence electrons. The Hall–Kier alpha value is -1.63. The van der Waals surface area contributed by atoms with Gasteiger partial charge in [-0.3, -0.25) is 4.57 Å². The third kappa shape index (κ3) is 2.62. The maximum Gasteiger partial charge on any atom is 0.340 e. The molecule has 0 aliphatic heterocycles. The van der Waals surface area contributed by atoms with Gasteiger partial charge in [-0.2, -0.15) is 0 Å². The maximum absolute atomic E-state index is 11.9. The van der Waals surface area contributed by atoms with Crippen LogP contribution in [-0.4, -0.2) is 27.0 Å². The van der Waals surface area contributed by atoms with Gasteiger partial charge in [0.25, 0.3) is 5.88 Å². The second-order valence-corrected chi connectivity index (χ2v) is 6.49. The van der Waals surface area contributed by atoms with Gasteiger partial charge in [0.05, 0.1) is 19.4 Å². The highest BCUT2D eigenvalue weighted by atomic mass is 31.2. The van der Waals surface area contributed by atoms with Crippen LogP contribution in [0, 0.1) is 0 Å². The van der Waals surface area contributed by atoms with E-state index >= 15 is 0 Å². The molecule has 2 N–H and O–H groups in total. The summed E-state index contributed by atoms with van der Waals surface area (Å²) in [6.07, 6.45) is 1.76. The van der Waals surface area contributed by atoms with Gasteiger partial charge in [0.1, 0.15) is 5.16 Å². The molecule has 0 unspecified atom stereocenters. The first-order valence-corrected chi connectivity index (χ1v) is 8.02. The molecule has 0 atom stereocenters. The fourth-order valence-corrected chi connectivity index (χ4v) is 3.34. The molecule has 0 radical (unpaired) electrons. The lowest BCUT2D eigenvalue weighted by Crippen LogP contribution is -2.24. The average molecular weight is 316 g/mol. The van der Waals surface area contributed by atoms with Crippen molar-refractivity contribution in [3.8, 4) is 17.4 Å². The van der Waals surface area contributed by atoms with Crippen molar-refractivity contribution >= 4 is 7.60 Å². The summed E-state index contributed by atoms with van der Waals surface area (Å²) >= 11 is 0. The summed E-state index contributed by atoms with van der Waals surface area (Å²) in [5.74, 6) is 0.777. The van der Waals surface area contributed by atoms with Crippen molar-refractivity contribution in [2.24, 2.45) is 0 Å². The molecule has 0 spiro atoms. The number of methoxy groups -OCH3 is 1. The number of hydrogen-bond acceptors (Lipinski definition) is 6. The van der Waals surface area contributed by atoms with E-state index in [2.05, 4.69) is 10.1 Å². The van der Waals surface area contributed by atoms with Crippen molar-refractivity contribution in [2.45, 2.75) is 31.8 Å². The highest BCUT2D eigenvalue weighted by Crippen LogP contribution is 2.60. The molecule has 2 rings (SSSR count). The van der Waals surface area contributed by atoms with Gasteiger partial charge < -0.3 is 23.5 Å². The van der Waals surface area contributed by atoms with E-state index in [1.807, 2.05) is 0 Å². The van der Waals surface area contributed by atoms with Crippen LogP contribution in [0.1, 0.15) is 32.6 Å². The molecule has 9 heteroatoms. The third-order valence-corrected chi connectivity index (χ3v) is 5.51. The summed E-state index contributed by atoms with van der Waals surface area (Å²) in [6, 6.07) is 1.50. The number of rotatable bonds is 6. The molecule has 0 saturated carbocycles. The zero-order valence-electron chi connectivity index (χ0n) is 11.9. The molecule has 0 aliphatic carbocycles. The minimum Gasteiger partial charge on any atom is -0.479 e. The summed E-state index contributed by atoms with van der Waals surface area (Å²) in [7, 11) is -2.99. The lowest BCUT2D eigenvalue weighted by atomic mass is 10.0. The van der Waals surface area contributed by atoms with Crippen LogP contribution in [0.25, 0.3) is 11.5 Å². The normalized spacial score (nSPS) is 12.6. The second kappa shape index (κ2) is 5.63. The van der Waals surface area contributed by atoms with Gasteiger partial charge in [0.2, 0.25) is 11.7 Å². The molecule has 0 aliphatic rings. The van der Waals surface area contributed by atoms with Crippen molar-refractivity contribution in [2.75, 3.05) is 7.11 Å². The van der Waals surface area contributed by atoms with Gasteiger partial charge in [-0.15, -0.1) is 0 Å². The van der Waals surface area contributed by atoms with Crippen LogP contribution < -0.4 is 4.74 Å². The first kappa shape index (κ1) is 15.8. The fourth-order valence-electron chi connectivity index (χ4n) is 2.16. The number of aromatic nitrogens is 2. The zero-order valence-corrected chi connectivity index (χ0v) is 12.8. The summed E-state index contributed by atoms with van der Waals surface area (Å²) < 4.78 is 27.3. The van der Waals surface area contributed by atoms with E-state index in [1.54, 1.807) is 13.8 Å². The Morgan fingerprint density at radius 1 is 1.33 bits per heavy atom. The van der Waals surface area contributed by atoms with Gasteiger partial charge >= 0.3 is 7.60 Å². The molecule has 0 saturated heterocycles. The molecule has 0 bridgehead atoms. The summed E-state index contributed by atoms with van der Waals surface area (Å²) in [6.45, 7) is 3.37. The molecule has 8 nitrogen and oxygen atoms in total. The van der Waals surface area contributed by atoms with Crippen molar-refractivity contribution in [3.05, 3.63) is 18.2 Å². The van der Waals surface area contributed by atoms with Gasteiger partial charge in [-0.05, 0) is 18.0 Å². The predicted molar refractivity (Wildman–Crippen MR) is 72.9 cm³/mol. The van der Waals surface area contributed by atoms with Gasteiger partial charge in [0.15, 0.2) is 5.76 Å². The smallest absolute Gasteiger partial charge is 0.340 e. The lowest BCUT2D eigenvalue weighted by Gasteiger charge is -2.28. The van der Waals surface area contributed by atoms with E-state index in [0.717, 1.165) is 0 Å². The standard InChI is InChI=1S/C12H17N2O6P/c1-4-12(5-2,21(15,16)17)11-13-7-9(19-11)8-6-10(18-3)14-20-8/h6-7H,4-5H2,1-3H3,(H2,15,16,17). The molecule has 2 aromatic heterocycles. The number of nitrogens with zero attached hydrogens (tertiary/aromatic N) is 2. The van der Waals surface area contributed by atoms with Crippen molar-refractivity contribution in [3.63, 3.8) is 0 Å². The third-order valence-electron chi connectivity index (χ3n) is 3.57. The largest absolute Gasteiger partial charge is 0.479 e. The molecular formula is C12H17N2O6P. The number of oxazole rings is 1. The van der Waals surface area contributed by atoms with Crippen LogP contribution in [0.15, 0.2) is 21.2 Å². The van der Waals surface area contributed by atoms with E-state index in [9.17, 15) is 14.4 Å². The fraction of sp³-hybridized carbons (Fsp3) is 0.500. The molecular weight excluding hydrogens is 299 g/mol. The summed E-state index contributed by atoms with van der Waals surface area (Å²) in [5, 5.41) is 2.20. The second-order valence-electron chi connectivity index (χ2n) is 4.55. The molecule has 21 heavy (non-hydrogen) atoms. The monoisotopic (exact) mass is 316 g/mol. The summed E-state index contributed by atoms with van der Waals surface area (Å²) in [4.78, 5) is 23.3. The Balaban J connectivity index is 2.44. The Morgan fingerprint density at radius 3 is 2.48 bits per heavy atom. The van der Waals surface area contributed by atoms with E-state index in [1.165, 1.54) is 19.4 Å². The van der Waals surface area contributed by atoms with Crippen LogP contribution in [0.2, 0.25) is 0 Å². The minimum absolute atomic E-state index is 0.00815. The van der Waals surface area contributed by atoms with Crippen LogP contribution >= 0.6 is 7.60 Å². The Kier molecular flexibility index (Phi) is 4.22. The first-order chi connectivity index (χ1) is 9.87. The summed E-state index contributed by atoms with van der Waals surface area (Å²) in [5.41, 5.74) is 0. The van der Waals surface area contributed by atoms with Gasteiger partial charge in [0, 0.05) is 0 Å². The van der Waals surface area contributed by atoms with Gasteiger partial charge in [-0.1, -0.05) is 13.8 Å². The van der Waals surface area contributed by atoms with E-state index < -0.39 is 12.8 Å². The first-order valence-electron chi connectivity index (χ1n) is 6.41. The van der Waals surface area contributed by atoms with Crippen molar-refractivity contribution < 1.29 is 28.0 Å². The quantitative estimate of drug-likeness (QED) is 0.780. The van der Waals surface area contributed by atoms with E-state index in [-0.39, 0.29) is 36.1 Å². The van der Waals surface area contributed by atoms with Crippen LogP contribution in [0.3, 0.4) is 0 Å². The molecule has 0 amide bonds. The molecule has 2 heterocycles. The highest BCUT2D eigenvalue weighted by molar-refractivity contribution is 7.53. The van der Waals surface area contributed by atoms with E-state index in [0.29, 0.717) is 0 Å². The number of ether oxygens (including phenoxy) is 1. The maximum atomic E-state index is 11.9. The topological polar surface area (TPSA) is 119 Å². The highest BCUT2D eigenvalue weighted by Gasteiger charge is 2.49. The Morgan fingerprint density at radius 2 is 2.00 bits per heavy atom. The van der Waals surface area contributed by atoms with Crippen LogP contribution in [-0.2, 0) is 9.72 Å². The van der Waals surface area contributed by atoms with Crippen molar-refractivity contribution in [1.82, 2.24) is 10.1 Å². The van der Waals surface area contributed by atoms with E-state index in [4.69, 9.17) is 13.7 Å². The number of hydrogen-bond donors (Lipinski definition) is 2.